The van der Waals surface area contributed by atoms with Crippen LogP contribution >= 0.6 is 24.0 Å². The van der Waals surface area contributed by atoms with Crippen molar-refractivity contribution < 1.29 is 14.3 Å². The van der Waals surface area contributed by atoms with Crippen LogP contribution in [0, 0.1) is 19.8 Å². The van der Waals surface area contributed by atoms with Crippen LogP contribution in [0.25, 0.3) is 0 Å². The van der Waals surface area contributed by atoms with E-state index in [2.05, 4.69) is 29.5 Å². The lowest BCUT2D eigenvalue weighted by atomic mass is 9.96. The van der Waals surface area contributed by atoms with Gasteiger partial charge in [0.25, 0.3) is 0 Å². The van der Waals surface area contributed by atoms with Crippen molar-refractivity contribution in [1.29, 1.82) is 0 Å². The molecule has 3 N–H and O–H groups in total. The number of ether oxygens (including phenoxy) is 1. The summed E-state index contributed by atoms with van der Waals surface area (Å²) in [6.07, 6.45) is 1.07. The molecule has 0 bridgehead atoms. The van der Waals surface area contributed by atoms with Crippen LogP contribution in [0.5, 0.6) is 0 Å². The normalized spacial score (nSPS) is 14.1. The number of rotatable bonds is 10. The minimum Gasteiger partial charge on any atom is -0.466 e. The molecule has 0 aliphatic heterocycles. The van der Waals surface area contributed by atoms with Crippen LogP contribution < -0.4 is 10.6 Å². The van der Waals surface area contributed by atoms with E-state index in [1.54, 1.807) is 6.92 Å². The fourth-order valence-corrected chi connectivity index (χ4v) is 2.49. The maximum Gasteiger partial charge on any atom is 0.191 e. The molecule has 1 atom stereocenters. The lowest BCUT2D eigenvalue weighted by Crippen LogP contribution is -2.40. The summed E-state index contributed by atoms with van der Waals surface area (Å²) >= 11 is 0. The highest BCUT2D eigenvalue weighted by Gasteiger charge is 2.27. The first-order chi connectivity index (χ1) is 11.8. The number of hydrogen-bond donors (Lipinski definition) is 3. The molecule has 0 radical (unpaired) electrons. The van der Waals surface area contributed by atoms with Crippen molar-refractivity contribution in [2.24, 2.45) is 10.9 Å². The van der Waals surface area contributed by atoms with E-state index >= 15 is 0 Å². The summed E-state index contributed by atoms with van der Waals surface area (Å²) in [7, 11) is 0. The van der Waals surface area contributed by atoms with Gasteiger partial charge in [0.1, 0.15) is 17.1 Å². The SMILES string of the molecule is CCNC(=NCC(C)(O)c1cc(C)oc1C)NCCOCCC(C)C.I. The lowest BCUT2D eigenvalue weighted by molar-refractivity contribution is 0.0656. The molecule has 0 aliphatic rings. The number of aryl methyl sites for hydroxylation is 2. The summed E-state index contributed by atoms with van der Waals surface area (Å²) in [5.41, 5.74) is -0.292. The van der Waals surface area contributed by atoms with E-state index in [0.29, 0.717) is 25.0 Å². The molecule has 1 heterocycles. The average Bonchev–Trinajstić information content (AvgIpc) is 2.87. The van der Waals surface area contributed by atoms with Crippen molar-refractivity contribution in [3.63, 3.8) is 0 Å². The van der Waals surface area contributed by atoms with E-state index in [-0.39, 0.29) is 30.5 Å². The predicted octanol–water partition coefficient (Wildman–Crippen LogP) is 3.34. The largest absolute Gasteiger partial charge is 0.466 e. The van der Waals surface area contributed by atoms with Gasteiger partial charge in [0.2, 0.25) is 0 Å². The molecule has 0 spiro atoms. The fourth-order valence-electron chi connectivity index (χ4n) is 2.49. The Morgan fingerprint density at radius 1 is 1.31 bits per heavy atom. The summed E-state index contributed by atoms with van der Waals surface area (Å²) in [6.45, 7) is 15.0. The van der Waals surface area contributed by atoms with E-state index in [4.69, 9.17) is 9.15 Å². The van der Waals surface area contributed by atoms with Crippen LogP contribution in [0.2, 0.25) is 0 Å². The summed E-state index contributed by atoms with van der Waals surface area (Å²) in [4.78, 5) is 4.51. The van der Waals surface area contributed by atoms with Gasteiger partial charge in [0.05, 0.1) is 13.2 Å². The first-order valence-corrected chi connectivity index (χ1v) is 9.16. The van der Waals surface area contributed by atoms with Crippen LogP contribution in [0.15, 0.2) is 15.5 Å². The average molecular weight is 481 g/mol. The molecule has 0 saturated heterocycles. The molecule has 152 valence electrons. The Labute approximate surface area is 175 Å². The highest BCUT2D eigenvalue weighted by Crippen LogP contribution is 2.27. The Kier molecular flexibility index (Phi) is 12.2. The summed E-state index contributed by atoms with van der Waals surface area (Å²) in [6, 6.07) is 1.87. The Hall–Kier alpha value is -0.800. The van der Waals surface area contributed by atoms with E-state index in [1.165, 1.54) is 0 Å². The van der Waals surface area contributed by atoms with Crippen molar-refractivity contribution >= 4 is 29.9 Å². The standard InChI is InChI=1S/C19H35N3O3.HI/c1-7-20-18(21-9-11-24-10-8-14(2)3)22-13-19(6,23)17-12-15(4)25-16(17)5;/h12,14,23H,7-11,13H2,1-6H3,(H2,20,21,22);1H. The predicted molar refractivity (Wildman–Crippen MR) is 117 cm³/mol. The minimum absolute atomic E-state index is 0. The number of nitrogens with one attached hydrogen (secondary N) is 2. The summed E-state index contributed by atoms with van der Waals surface area (Å²) in [5.74, 6) is 2.85. The first-order valence-electron chi connectivity index (χ1n) is 9.16. The second-order valence-electron chi connectivity index (χ2n) is 7.02. The Bertz CT molecular complexity index is 542. The molecule has 1 aromatic heterocycles. The Morgan fingerprint density at radius 2 is 2.00 bits per heavy atom. The molecule has 6 nitrogen and oxygen atoms in total. The van der Waals surface area contributed by atoms with Crippen LogP contribution in [0.3, 0.4) is 0 Å². The third-order valence-corrected chi connectivity index (χ3v) is 3.89. The van der Waals surface area contributed by atoms with Crippen LogP contribution in [-0.4, -0.2) is 43.9 Å². The van der Waals surface area contributed by atoms with Gasteiger partial charge >= 0.3 is 0 Å². The van der Waals surface area contributed by atoms with Crippen molar-refractivity contribution in [2.75, 3.05) is 32.8 Å². The molecule has 0 saturated carbocycles. The molecular weight excluding hydrogens is 445 g/mol. The number of nitrogens with zero attached hydrogens (tertiary/aromatic N) is 1. The van der Waals surface area contributed by atoms with Crippen molar-refractivity contribution in [3.05, 3.63) is 23.2 Å². The fraction of sp³-hybridized carbons (Fsp3) is 0.737. The number of aliphatic hydroxyl groups is 1. The number of halogens is 1. The van der Waals surface area contributed by atoms with Gasteiger partial charge in [-0.3, -0.25) is 0 Å². The monoisotopic (exact) mass is 481 g/mol. The van der Waals surface area contributed by atoms with Crippen molar-refractivity contribution in [2.45, 2.75) is 53.6 Å². The third-order valence-electron chi connectivity index (χ3n) is 3.89. The quantitative estimate of drug-likeness (QED) is 0.207. The van der Waals surface area contributed by atoms with E-state index < -0.39 is 5.60 Å². The van der Waals surface area contributed by atoms with Crippen LogP contribution in [0.4, 0.5) is 0 Å². The lowest BCUT2D eigenvalue weighted by Gasteiger charge is -2.21. The van der Waals surface area contributed by atoms with Gasteiger partial charge in [-0.1, -0.05) is 13.8 Å². The van der Waals surface area contributed by atoms with Crippen LogP contribution in [-0.2, 0) is 10.3 Å². The van der Waals surface area contributed by atoms with E-state index in [9.17, 15) is 5.11 Å². The van der Waals surface area contributed by atoms with Crippen molar-refractivity contribution in [3.8, 4) is 0 Å². The molecule has 0 amide bonds. The minimum atomic E-state index is -1.07. The van der Waals surface area contributed by atoms with Gasteiger partial charge in [-0.25, -0.2) is 4.99 Å². The molecule has 1 aromatic rings. The Morgan fingerprint density at radius 3 is 2.54 bits per heavy atom. The van der Waals surface area contributed by atoms with Gasteiger partial charge in [-0.15, -0.1) is 24.0 Å². The molecule has 0 aromatic carbocycles. The zero-order valence-corrected chi connectivity index (χ0v) is 19.3. The zero-order valence-electron chi connectivity index (χ0n) is 17.0. The highest BCUT2D eigenvalue weighted by molar-refractivity contribution is 14.0. The first kappa shape index (κ1) is 25.2. The maximum atomic E-state index is 10.7. The molecule has 0 aliphatic carbocycles. The number of hydrogen-bond acceptors (Lipinski definition) is 4. The second kappa shape index (κ2) is 12.6. The second-order valence-corrected chi connectivity index (χ2v) is 7.02. The smallest absolute Gasteiger partial charge is 0.191 e. The highest BCUT2D eigenvalue weighted by atomic mass is 127. The van der Waals surface area contributed by atoms with Gasteiger partial charge in [0.15, 0.2) is 5.96 Å². The topological polar surface area (TPSA) is 79.0 Å². The Balaban J connectivity index is 0.00000625. The van der Waals surface area contributed by atoms with Crippen LogP contribution in [0.1, 0.15) is 51.2 Å². The molecule has 0 fully saturated rings. The zero-order chi connectivity index (χ0) is 18.9. The number of aliphatic imine (C=N–C) groups is 1. The van der Waals surface area contributed by atoms with Gasteiger partial charge in [0, 0.05) is 25.3 Å². The molecule has 1 rings (SSSR count). The summed E-state index contributed by atoms with van der Waals surface area (Å²) < 4.78 is 11.1. The molecule has 1 unspecified atom stereocenters. The maximum absolute atomic E-state index is 10.7. The van der Waals surface area contributed by atoms with E-state index in [0.717, 1.165) is 36.7 Å². The number of guanidine groups is 1. The summed E-state index contributed by atoms with van der Waals surface area (Å²) in [5, 5.41) is 17.2. The van der Waals surface area contributed by atoms with E-state index in [1.807, 2.05) is 26.8 Å². The van der Waals surface area contributed by atoms with Crippen molar-refractivity contribution in [1.82, 2.24) is 10.6 Å². The molecular formula is C19H36IN3O3. The third kappa shape index (κ3) is 9.23. The molecule has 26 heavy (non-hydrogen) atoms. The van der Waals surface area contributed by atoms with Gasteiger partial charge < -0.3 is 24.9 Å². The van der Waals surface area contributed by atoms with Gasteiger partial charge in [-0.2, -0.15) is 0 Å². The number of furan rings is 1. The van der Waals surface area contributed by atoms with Gasteiger partial charge in [-0.05, 0) is 46.1 Å². The molecule has 7 heteroatoms.